The molecule has 0 bridgehead atoms. The molecule has 1 heterocycles. The third-order valence-corrected chi connectivity index (χ3v) is 1.71. The molecule has 5 nitrogen and oxygen atoms in total. The maximum Gasteiger partial charge on any atom is 0.272 e. The summed E-state index contributed by atoms with van der Waals surface area (Å²) in [5, 5.41) is 11.3. The summed E-state index contributed by atoms with van der Waals surface area (Å²) in [6.45, 7) is 1.58. The number of carbonyl (C=O) groups is 1. The van der Waals surface area contributed by atoms with Crippen molar-refractivity contribution in [3.8, 4) is 0 Å². The number of nitrogen functional groups attached to an aromatic ring is 1. The van der Waals surface area contributed by atoms with E-state index in [2.05, 4.69) is 10.3 Å². The standard InChI is InChI=1S/C9H13N3O2/c1-6(5-13)12-9(14)8-7(10)3-2-4-11-8/h2-4,6,13H,5,10H2,1H3,(H,12,14)/t6-/m1/s1. The van der Waals surface area contributed by atoms with Gasteiger partial charge in [-0.1, -0.05) is 0 Å². The van der Waals surface area contributed by atoms with Crippen molar-refractivity contribution in [2.24, 2.45) is 0 Å². The summed E-state index contributed by atoms with van der Waals surface area (Å²) in [7, 11) is 0. The van der Waals surface area contributed by atoms with Crippen molar-refractivity contribution in [2.45, 2.75) is 13.0 Å². The lowest BCUT2D eigenvalue weighted by Gasteiger charge is -2.10. The molecule has 0 fully saturated rings. The quantitative estimate of drug-likeness (QED) is 0.622. The van der Waals surface area contributed by atoms with Crippen LogP contribution in [0, 0.1) is 0 Å². The topological polar surface area (TPSA) is 88.2 Å². The Labute approximate surface area is 82.0 Å². The minimum Gasteiger partial charge on any atom is -0.397 e. The maximum atomic E-state index is 11.5. The monoisotopic (exact) mass is 195 g/mol. The van der Waals surface area contributed by atoms with Crippen LogP contribution in [0.5, 0.6) is 0 Å². The van der Waals surface area contributed by atoms with Gasteiger partial charge in [-0.2, -0.15) is 0 Å². The van der Waals surface area contributed by atoms with Crippen LogP contribution >= 0.6 is 0 Å². The highest BCUT2D eigenvalue weighted by molar-refractivity contribution is 5.97. The number of aromatic nitrogens is 1. The van der Waals surface area contributed by atoms with Crippen molar-refractivity contribution < 1.29 is 9.90 Å². The number of aliphatic hydroxyl groups excluding tert-OH is 1. The second kappa shape index (κ2) is 4.57. The fourth-order valence-corrected chi connectivity index (χ4v) is 0.945. The van der Waals surface area contributed by atoms with Crippen molar-refractivity contribution in [3.05, 3.63) is 24.0 Å². The predicted molar refractivity (Wildman–Crippen MR) is 52.7 cm³/mol. The highest BCUT2D eigenvalue weighted by Gasteiger charge is 2.12. The molecule has 1 atom stereocenters. The molecule has 0 saturated heterocycles. The van der Waals surface area contributed by atoms with Crippen molar-refractivity contribution in [2.75, 3.05) is 12.3 Å². The summed E-state index contributed by atoms with van der Waals surface area (Å²) in [6.07, 6.45) is 1.49. The van der Waals surface area contributed by atoms with Gasteiger partial charge in [0.1, 0.15) is 0 Å². The zero-order valence-corrected chi connectivity index (χ0v) is 7.90. The Morgan fingerprint density at radius 1 is 1.79 bits per heavy atom. The van der Waals surface area contributed by atoms with E-state index in [0.717, 1.165) is 0 Å². The summed E-state index contributed by atoms with van der Waals surface area (Å²) in [5.74, 6) is -0.371. The number of nitrogens with zero attached hydrogens (tertiary/aromatic N) is 1. The second-order valence-electron chi connectivity index (χ2n) is 3.00. The highest BCUT2D eigenvalue weighted by atomic mass is 16.3. The van der Waals surface area contributed by atoms with Crippen molar-refractivity contribution in [1.29, 1.82) is 0 Å². The molecule has 1 rings (SSSR count). The van der Waals surface area contributed by atoms with Gasteiger partial charge in [0.25, 0.3) is 5.91 Å². The Balaban J connectivity index is 2.75. The number of amides is 1. The van der Waals surface area contributed by atoms with E-state index in [1.54, 1.807) is 19.1 Å². The van der Waals surface area contributed by atoms with Gasteiger partial charge in [-0.3, -0.25) is 4.79 Å². The van der Waals surface area contributed by atoms with Gasteiger partial charge in [0.15, 0.2) is 5.69 Å². The Morgan fingerprint density at radius 2 is 2.50 bits per heavy atom. The molecule has 0 unspecified atom stereocenters. The molecule has 14 heavy (non-hydrogen) atoms. The normalized spacial score (nSPS) is 12.1. The van der Waals surface area contributed by atoms with E-state index in [1.165, 1.54) is 6.20 Å². The van der Waals surface area contributed by atoms with Crippen LogP contribution in [0.3, 0.4) is 0 Å². The summed E-state index contributed by atoms with van der Waals surface area (Å²) in [6, 6.07) is 2.96. The Bertz CT molecular complexity index is 328. The maximum absolute atomic E-state index is 11.5. The molecule has 1 amide bonds. The zero-order valence-electron chi connectivity index (χ0n) is 7.90. The fourth-order valence-electron chi connectivity index (χ4n) is 0.945. The number of rotatable bonds is 3. The van der Waals surface area contributed by atoms with E-state index >= 15 is 0 Å². The van der Waals surface area contributed by atoms with Crippen LogP contribution in [0.2, 0.25) is 0 Å². The Hall–Kier alpha value is -1.62. The van der Waals surface area contributed by atoms with Crippen LogP contribution in [0.15, 0.2) is 18.3 Å². The summed E-state index contributed by atoms with van der Waals surface area (Å²) in [5.41, 5.74) is 6.07. The van der Waals surface area contributed by atoms with E-state index in [4.69, 9.17) is 10.8 Å². The largest absolute Gasteiger partial charge is 0.397 e. The van der Waals surface area contributed by atoms with E-state index in [9.17, 15) is 4.79 Å². The first-order valence-corrected chi connectivity index (χ1v) is 4.27. The highest BCUT2D eigenvalue weighted by Crippen LogP contribution is 2.06. The molecule has 0 aliphatic heterocycles. The molecule has 0 aromatic carbocycles. The fraction of sp³-hybridized carbons (Fsp3) is 0.333. The third-order valence-electron chi connectivity index (χ3n) is 1.71. The lowest BCUT2D eigenvalue weighted by atomic mass is 10.2. The van der Waals surface area contributed by atoms with E-state index in [0.29, 0.717) is 5.69 Å². The van der Waals surface area contributed by atoms with Crippen LogP contribution < -0.4 is 11.1 Å². The van der Waals surface area contributed by atoms with Crippen molar-refractivity contribution in [1.82, 2.24) is 10.3 Å². The van der Waals surface area contributed by atoms with E-state index < -0.39 is 0 Å². The van der Waals surface area contributed by atoms with Crippen LogP contribution in [0.25, 0.3) is 0 Å². The number of anilines is 1. The van der Waals surface area contributed by atoms with Crippen LogP contribution in [-0.2, 0) is 0 Å². The first-order valence-electron chi connectivity index (χ1n) is 4.27. The van der Waals surface area contributed by atoms with Gasteiger partial charge in [-0.25, -0.2) is 4.98 Å². The van der Waals surface area contributed by atoms with E-state index in [1.807, 2.05) is 0 Å². The third kappa shape index (κ3) is 2.43. The molecule has 1 aromatic heterocycles. The van der Waals surface area contributed by atoms with Crippen molar-refractivity contribution in [3.63, 3.8) is 0 Å². The van der Waals surface area contributed by atoms with Gasteiger partial charge >= 0.3 is 0 Å². The number of nitrogens with two attached hydrogens (primary N) is 1. The smallest absolute Gasteiger partial charge is 0.272 e. The Morgan fingerprint density at radius 3 is 3.07 bits per heavy atom. The number of hydrogen-bond donors (Lipinski definition) is 3. The SMILES string of the molecule is C[C@H](CO)NC(=O)c1ncccc1N. The number of pyridine rings is 1. The lowest BCUT2D eigenvalue weighted by Crippen LogP contribution is -2.35. The van der Waals surface area contributed by atoms with Crippen molar-refractivity contribution >= 4 is 11.6 Å². The number of aliphatic hydroxyl groups is 1. The molecule has 0 aliphatic rings. The number of hydrogen-bond acceptors (Lipinski definition) is 4. The molecule has 0 saturated carbocycles. The zero-order chi connectivity index (χ0) is 10.6. The molecule has 0 spiro atoms. The molecule has 4 N–H and O–H groups in total. The van der Waals surface area contributed by atoms with Gasteiger partial charge in [0.05, 0.1) is 12.3 Å². The summed E-state index contributed by atoms with van der Waals surface area (Å²) in [4.78, 5) is 15.3. The van der Waals surface area contributed by atoms with Gasteiger partial charge in [-0.15, -0.1) is 0 Å². The molecule has 0 aliphatic carbocycles. The van der Waals surface area contributed by atoms with Gasteiger partial charge in [0.2, 0.25) is 0 Å². The molecule has 5 heteroatoms. The minimum atomic E-state index is -0.371. The van der Waals surface area contributed by atoms with Crippen LogP contribution in [0.4, 0.5) is 5.69 Å². The molecular formula is C9H13N3O2. The van der Waals surface area contributed by atoms with Crippen LogP contribution in [0.1, 0.15) is 17.4 Å². The molecule has 76 valence electrons. The second-order valence-corrected chi connectivity index (χ2v) is 3.00. The Kier molecular flexibility index (Phi) is 3.41. The summed E-state index contributed by atoms with van der Waals surface area (Å²) >= 11 is 0. The van der Waals surface area contributed by atoms with Crippen LogP contribution in [-0.4, -0.2) is 28.6 Å². The minimum absolute atomic E-state index is 0.113. The van der Waals surface area contributed by atoms with Gasteiger partial charge in [0, 0.05) is 12.2 Å². The van der Waals surface area contributed by atoms with Gasteiger partial charge < -0.3 is 16.2 Å². The first-order chi connectivity index (χ1) is 6.65. The average Bonchev–Trinajstić information content (AvgIpc) is 2.18. The predicted octanol–water partition coefficient (Wildman–Crippen LogP) is -0.226. The number of nitrogens with one attached hydrogen (secondary N) is 1. The average molecular weight is 195 g/mol. The van der Waals surface area contributed by atoms with Gasteiger partial charge in [-0.05, 0) is 19.1 Å². The molecule has 0 radical (unpaired) electrons. The first kappa shape index (κ1) is 10.5. The number of carbonyl (C=O) groups excluding carboxylic acids is 1. The van der Waals surface area contributed by atoms with E-state index in [-0.39, 0.29) is 24.2 Å². The molecular weight excluding hydrogens is 182 g/mol. The summed E-state index contributed by atoms with van der Waals surface area (Å²) < 4.78 is 0. The lowest BCUT2D eigenvalue weighted by molar-refractivity contribution is 0.0918. The molecule has 1 aromatic rings.